The van der Waals surface area contributed by atoms with Gasteiger partial charge in [0.2, 0.25) is 5.88 Å². The smallest absolute Gasteiger partial charge is 0.233 e. The minimum Gasteiger partial charge on any atom is -0.472 e. The second-order valence-corrected chi connectivity index (χ2v) is 5.01. The van der Waals surface area contributed by atoms with Gasteiger partial charge in [0.25, 0.3) is 0 Å². The number of aromatic nitrogens is 2. The summed E-state index contributed by atoms with van der Waals surface area (Å²) in [7, 11) is 0. The Balaban J connectivity index is 2.14. The van der Waals surface area contributed by atoms with Gasteiger partial charge in [-0.05, 0) is 22.0 Å². The summed E-state index contributed by atoms with van der Waals surface area (Å²) in [5.41, 5.74) is 3.49. The van der Waals surface area contributed by atoms with Crippen LogP contribution in [0.2, 0.25) is 0 Å². The molecule has 0 fully saturated rings. The van der Waals surface area contributed by atoms with E-state index >= 15 is 0 Å². The first kappa shape index (κ1) is 13.3. The third kappa shape index (κ3) is 2.98. The average molecular weight is 374 g/mol. The predicted octanol–water partition coefficient (Wildman–Crippen LogP) is 2.87. The van der Waals surface area contributed by atoms with E-state index in [1.54, 1.807) is 0 Å². The third-order valence-corrected chi connectivity index (χ3v) is 3.70. The highest BCUT2D eigenvalue weighted by atomic mass is 79.9. The zero-order chi connectivity index (χ0) is 13.0. The number of ether oxygens (including phenoxy) is 1. The Labute approximate surface area is 121 Å². The van der Waals surface area contributed by atoms with Gasteiger partial charge >= 0.3 is 0 Å². The average Bonchev–Trinajstić information content (AvgIpc) is 2.39. The summed E-state index contributed by atoms with van der Waals surface area (Å²) in [4.78, 5) is 7.99. The fourth-order valence-electron chi connectivity index (χ4n) is 1.32. The highest BCUT2D eigenvalue weighted by Crippen LogP contribution is 2.28. The van der Waals surface area contributed by atoms with Crippen molar-refractivity contribution in [3.63, 3.8) is 0 Å². The van der Waals surface area contributed by atoms with Crippen LogP contribution in [0.3, 0.4) is 0 Å². The first-order valence-electron chi connectivity index (χ1n) is 5.05. The summed E-state index contributed by atoms with van der Waals surface area (Å²) in [6, 6.07) is 7.83. The van der Waals surface area contributed by atoms with Crippen molar-refractivity contribution in [3.05, 3.63) is 45.1 Å². The number of nitrogen functional groups attached to an aromatic ring is 1. The Bertz CT molecular complexity index is 550. The molecule has 0 amide bonds. The fourth-order valence-corrected chi connectivity index (χ4v) is 2.15. The molecule has 18 heavy (non-hydrogen) atoms. The van der Waals surface area contributed by atoms with Crippen molar-refractivity contribution < 1.29 is 4.74 Å². The number of nitrogens with one attached hydrogen (secondary N) is 1. The molecule has 3 N–H and O–H groups in total. The number of rotatable bonds is 4. The quantitative estimate of drug-likeness (QED) is 0.636. The van der Waals surface area contributed by atoms with Crippen LogP contribution >= 0.6 is 31.9 Å². The summed E-state index contributed by atoms with van der Waals surface area (Å²) in [5.74, 6) is 6.24. The molecular formula is C11H10Br2N4O. The number of nitrogens with zero attached hydrogens (tertiary/aromatic N) is 2. The molecule has 1 aromatic carbocycles. The third-order valence-electron chi connectivity index (χ3n) is 2.22. The maximum absolute atomic E-state index is 5.62. The summed E-state index contributed by atoms with van der Waals surface area (Å²) >= 11 is 6.79. The number of hydrogen-bond acceptors (Lipinski definition) is 5. The van der Waals surface area contributed by atoms with Gasteiger partial charge < -0.3 is 10.2 Å². The lowest BCUT2D eigenvalue weighted by molar-refractivity contribution is 0.290. The van der Waals surface area contributed by atoms with Crippen molar-refractivity contribution in [1.29, 1.82) is 0 Å². The molecule has 0 saturated heterocycles. The van der Waals surface area contributed by atoms with E-state index in [4.69, 9.17) is 10.6 Å². The van der Waals surface area contributed by atoms with E-state index in [0.717, 1.165) is 10.0 Å². The first-order chi connectivity index (χ1) is 8.72. The number of hydrogen-bond donors (Lipinski definition) is 2. The van der Waals surface area contributed by atoms with Gasteiger partial charge in [-0.1, -0.05) is 34.1 Å². The molecule has 94 valence electrons. The Morgan fingerprint density at radius 2 is 2.00 bits per heavy atom. The molecule has 0 unspecified atom stereocenters. The van der Waals surface area contributed by atoms with Crippen molar-refractivity contribution in [2.75, 3.05) is 5.43 Å². The first-order valence-corrected chi connectivity index (χ1v) is 6.64. The van der Waals surface area contributed by atoms with Crippen LogP contribution in [0, 0.1) is 0 Å². The maximum atomic E-state index is 5.62. The molecule has 1 heterocycles. The highest BCUT2D eigenvalue weighted by molar-refractivity contribution is 9.11. The highest BCUT2D eigenvalue weighted by Gasteiger charge is 2.09. The minimum atomic E-state index is 0.404. The molecule has 0 saturated carbocycles. The Hall–Kier alpha value is -1.18. The van der Waals surface area contributed by atoms with Crippen LogP contribution in [0.5, 0.6) is 5.88 Å². The number of benzene rings is 1. The molecule has 0 aliphatic carbocycles. The van der Waals surface area contributed by atoms with E-state index in [-0.39, 0.29) is 0 Å². The molecule has 0 radical (unpaired) electrons. The van der Waals surface area contributed by atoms with E-state index in [2.05, 4.69) is 47.3 Å². The lowest BCUT2D eigenvalue weighted by Gasteiger charge is -2.10. The SMILES string of the molecule is NNc1ncnc(OCc2ccccc2Br)c1Br. The summed E-state index contributed by atoms with van der Waals surface area (Å²) in [6.07, 6.45) is 1.38. The van der Waals surface area contributed by atoms with Gasteiger partial charge in [-0.2, -0.15) is 0 Å². The summed E-state index contributed by atoms with van der Waals surface area (Å²) in [6.45, 7) is 0.404. The second-order valence-electron chi connectivity index (χ2n) is 3.37. The van der Waals surface area contributed by atoms with Crippen molar-refractivity contribution in [1.82, 2.24) is 9.97 Å². The Morgan fingerprint density at radius 3 is 2.72 bits per heavy atom. The lowest BCUT2D eigenvalue weighted by Crippen LogP contribution is -2.10. The van der Waals surface area contributed by atoms with Crippen molar-refractivity contribution >= 4 is 37.7 Å². The maximum Gasteiger partial charge on any atom is 0.233 e. The van der Waals surface area contributed by atoms with Gasteiger partial charge in [-0.3, -0.25) is 0 Å². The molecule has 0 aliphatic heterocycles. The van der Waals surface area contributed by atoms with Crippen LogP contribution in [-0.2, 0) is 6.61 Å². The van der Waals surface area contributed by atoms with Crippen molar-refractivity contribution in [2.24, 2.45) is 5.84 Å². The fraction of sp³-hybridized carbons (Fsp3) is 0.0909. The summed E-state index contributed by atoms with van der Waals surface area (Å²) < 4.78 is 7.21. The number of halogens is 2. The van der Waals surface area contributed by atoms with Gasteiger partial charge in [0, 0.05) is 10.0 Å². The normalized spacial score (nSPS) is 10.2. The molecule has 1 aromatic heterocycles. The topological polar surface area (TPSA) is 73.1 Å². The van der Waals surface area contributed by atoms with Crippen LogP contribution in [0.25, 0.3) is 0 Å². The van der Waals surface area contributed by atoms with Crippen LogP contribution < -0.4 is 16.0 Å². The standard InChI is InChI=1S/C11H10Br2N4O/c12-8-4-2-1-3-7(8)5-18-11-9(13)10(17-14)15-6-16-11/h1-4,6H,5,14H2,(H,15,16,17). The Kier molecular flexibility index (Phi) is 4.51. The molecule has 7 heteroatoms. The van der Waals surface area contributed by atoms with Crippen molar-refractivity contribution in [3.8, 4) is 5.88 Å². The minimum absolute atomic E-state index is 0.404. The summed E-state index contributed by atoms with van der Waals surface area (Å²) in [5, 5.41) is 0. The zero-order valence-corrected chi connectivity index (χ0v) is 12.4. The molecule has 0 bridgehead atoms. The van der Waals surface area contributed by atoms with Crippen LogP contribution in [-0.4, -0.2) is 9.97 Å². The van der Waals surface area contributed by atoms with Crippen molar-refractivity contribution in [2.45, 2.75) is 6.61 Å². The van der Waals surface area contributed by atoms with E-state index < -0.39 is 0 Å². The van der Waals surface area contributed by atoms with E-state index in [1.807, 2.05) is 24.3 Å². The molecule has 0 atom stereocenters. The van der Waals surface area contributed by atoms with Gasteiger partial charge in [-0.25, -0.2) is 15.8 Å². The largest absolute Gasteiger partial charge is 0.472 e. The van der Waals surface area contributed by atoms with E-state index in [9.17, 15) is 0 Å². The molecule has 5 nitrogen and oxygen atoms in total. The molecule has 2 rings (SSSR count). The molecule has 0 aliphatic rings. The number of hydrazine groups is 1. The Morgan fingerprint density at radius 1 is 1.22 bits per heavy atom. The van der Waals surface area contributed by atoms with E-state index in [1.165, 1.54) is 6.33 Å². The van der Waals surface area contributed by atoms with Crippen LogP contribution in [0.1, 0.15) is 5.56 Å². The predicted molar refractivity (Wildman–Crippen MR) is 76.0 cm³/mol. The number of anilines is 1. The lowest BCUT2D eigenvalue weighted by atomic mass is 10.2. The van der Waals surface area contributed by atoms with Crippen LogP contribution in [0.15, 0.2) is 39.5 Å². The molecular weight excluding hydrogens is 364 g/mol. The second kappa shape index (κ2) is 6.12. The van der Waals surface area contributed by atoms with Crippen LogP contribution in [0.4, 0.5) is 5.82 Å². The zero-order valence-electron chi connectivity index (χ0n) is 9.23. The molecule has 0 spiro atoms. The monoisotopic (exact) mass is 372 g/mol. The van der Waals surface area contributed by atoms with Gasteiger partial charge in [0.15, 0.2) is 5.82 Å². The van der Waals surface area contributed by atoms with Gasteiger partial charge in [0.05, 0.1) is 0 Å². The van der Waals surface area contributed by atoms with E-state index in [0.29, 0.717) is 22.8 Å². The van der Waals surface area contributed by atoms with Gasteiger partial charge in [0.1, 0.15) is 17.4 Å². The van der Waals surface area contributed by atoms with Gasteiger partial charge in [-0.15, -0.1) is 0 Å². The molecule has 2 aromatic rings. The number of nitrogens with two attached hydrogens (primary N) is 1.